The minimum atomic E-state index is -0.712. The molecule has 1 saturated carbocycles. The van der Waals surface area contributed by atoms with Crippen molar-refractivity contribution in [3.8, 4) is 5.82 Å². The number of benzene rings is 1. The zero-order chi connectivity index (χ0) is 24.7. The molecule has 0 unspecified atom stereocenters. The molecule has 0 spiro atoms. The van der Waals surface area contributed by atoms with Gasteiger partial charge in [-0.1, -0.05) is 23.2 Å². The Morgan fingerprint density at radius 2 is 2.09 bits per heavy atom. The third kappa shape index (κ3) is 4.78. The molecule has 0 bridgehead atoms. The van der Waals surface area contributed by atoms with Crippen LogP contribution in [0.3, 0.4) is 0 Å². The molecule has 0 radical (unpaired) electrons. The van der Waals surface area contributed by atoms with Crippen molar-refractivity contribution in [2.24, 2.45) is 5.73 Å². The summed E-state index contributed by atoms with van der Waals surface area (Å²) in [5.41, 5.74) is 13.4. The van der Waals surface area contributed by atoms with Gasteiger partial charge in [0.1, 0.15) is 17.4 Å². The number of amides is 2. The lowest BCUT2D eigenvalue weighted by molar-refractivity contribution is -0.599. The maximum Gasteiger partial charge on any atom is 0.279 e. The zero-order valence-corrected chi connectivity index (χ0v) is 20.1. The van der Waals surface area contributed by atoms with Crippen molar-refractivity contribution in [3.63, 3.8) is 0 Å². The Hall–Kier alpha value is -3.67. The van der Waals surface area contributed by atoms with E-state index in [0.717, 1.165) is 12.8 Å². The van der Waals surface area contributed by atoms with Gasteiger partial charge >= 0.3 is 0 Å². The van der Waals surface area contributed by atoms with E-state index in [0.29, 0.717) is 39.7 Å². The van der Waals surface area contributed by atoms with E-state index in [9.17, 15) is 9.59 Å². The quantitative estimate of drug-likeness (QED) is 0.355. The van der Waals surface area contributed by atoms with Gasteiger partial charge in [-0.15, -0.1) is 4.68 Å². The Balaban J connectivity index is 1.50. The largest absolute Gasteiger partial charge is 0.366 e. The number of nitrogens with one attached hydrogen (secondary N) is 3. The number of aromatic nitrogens is 3. The number of hydrogen-bond acceptors (Lipinski definition) is 7. The third-order valence-corrected chi connectivity index (χ3v) is 6.11. The van der Waals surface area contributed by atoms with Gasteiger partial charge in [0, 0.05) is 11.2 Å². The van der Waals surface area contributed by atoms with Crippen molar-refractivity contribution in [1.82, 2.24) is 30.8 Å². The summed E-state index contributed by atoms with van der Waals surface area (Å²) in [5, 5.41) is 10.0. The van der Waals surface area contributed by atoms with Crippen LogP contribution in [0.5, 0.6) is 0 Å². The summed E-state index contributed by atoms with van der Waals surface area (Å²) < 4.78 is 3.20. The van der Waals surface area contributed by atoms with Crippen molar-refractivity contribution in [3.05, 3.63) is 69.1 Å². The molecule has 35 heavy (non-hydrogen) atoms. The van der Waals surface area contributed by atoms with Crippen LogP contribution < -0.4 is 22.1 Å². The highest BCUT2D eigenvalue weighted by Gasteiger charge is 2.37. The van der Waals surface area contributed by atoms with Crippen molar-refractivity contribution in [1.29, 1.82) is 0 Å². The van der Waals surface area contributed by atoms with Crippen molar-refractivity contribution < 1.29 is 14.3 Å². The van der Waals surface area contributed by atoms with Gasteiger partial charge in [-0.05, 0) is 61.2 Å². The number of hydrazine groups is 3. The molecule has 2 aromatic heterocycles. The summed E-state index contributed by atoms with van der Waals surface area (Å²) in [6, 6.07) is 8.52. The third-order valence-electron chi connectivity index (χ3n) is 5.60. The summed E-state index contributed by atoms with van der Waals surface area (Å²) in [4.78, 5) is 29.7. The standard InChI is InChI=1S/C22H21Cl2N9O2/c1-12-7-13(23)8-16(20(25)34)19(12)27-22(35)18-9-14(10-31-11-32(30-29-31)15-4-5-15)28-33(18)21-17(24)3-2-6-26-21/h2-3,6-9,11,15H,4-5,10H2,1H3,(H4-,25,27,28,29,30,34,35)/p+1. The molecule has 1 aromatic carbocycles. The Morgan fingerprint density at radius 1 is 1.29 bits per heavy atom. The zero-order valence-electron chi connectivity index (χ0n) is 18.6. The number of primary amides is 1. The molecular weight excluding hydrogens is 493 g/mol. The summed E-state index contributed by atoms with van der Waals surface area (Å²) >= 11 is 12.4. The molecule has 0 atom stereocenters. The van der Waals surface area contributed by atoms with Crippen LogP contribution in [0.2, 0.25) is 10.0 Å². The van der Waals surface area contributed by atoms with Gasteiger partial charge in [0.05, 0.1) is 16.3 Å². The average Bonchev–Trinajstić information content (AvgIpc) is 3.42. The smallest absolute Gasteiger partial charge is 0.279 e. The fourth-order valence-electron chi connectivity index (χ4n) is 3.77. The van der Waals surface area contributed by atoms with Crippen LogP contribution in [0.1, 0.15) is 44.9 Å². The summed E-state index contributed by atoms with van der Waals surface area (Å²) in [7, 11) is 0. The number of halogens is 2. The average molecular weight is 515 g/mol. The van der Waals surface area contributed by atoms with Gasteiger partial charge in [-0.25, -0.2) is 9.67 Å². The van der Waals surface area contributed by atoms with E-state index in [2.05, 4.69) is 26.5 Å². The first kappa shape index (κ1) is 23.1. The van der Waals surface area contributed by atoms with Crippen LogP contribution in [0, 0.1) is 6.92 Å². The molecule has 2 aliphatic rings. The predicted molar refractivity (Wildman–Crippen MR) is 130 cm³/mol. The lowest BCUT2D eigenvalue weighted by atomic mass is 10.1. The number of pyridine rings is 1. The Morgan fingerprint density at radius 3 is 2.80 bits per heavy atom. The molecule has 1 aliphatic heterocycles. The summed E-state index contributed by atoms with van der Waals surface area (Å²) in [5.74, 6) is -0.935. The molecule has 11 nitrogen and oxygen atoms in total. The van der Waals surface area contributed by atoms with Gasteiger partial charge in [0.15, 0.2) is 12.4 Å². The maximum atomic E-state index is 13.4. The van der Waals surface area contributed by atoms with E-state index in [4.69, 9.17) is 28.9 Å². The van der Waals surface area contributed by atoms with Crippen LogP contribution in [0.15, 0.2) is 36.5 Å². The molecule has 2 amide bonds. The molecule has 0 saturated heterocycles. The Labute approximate surface area is 210 Å². The molecule has 5 rings (SSSR count). The highest BCUT2D eigenvalue weighted by molar-refractivity contribution is 6.32. The number of anilines is 1. The molecule has 3 heterocycles. The molecule has 1 fully saturated rings. The van der Waals surface area contributed by atoms with Crippen LogP contribution in [0.4, 0.5) is 5.69 Å². The monoisotopic (exact) mass is 514 g/mol. The van der Waals surface area contributed by atoms with E-state index >= 15 is 0 Å². The first-order valence-electron chi connectivity index (χ1n) is 10.8. The van der Waals surface area contributed by atoms with Gasteiger partial charge in [0.2, 0.25) is 0 Å². The maximum absolute atomic E-state index is 13.4. The lowest BCUT2D eigenvalue weighted by Gasteiger charge is -2.13. The fourth-order valence-corrected chi connectivity index (χ4v) is 4.24. The Kier molecular flexibility index (Phi) is 6.05. The van der Waals surface area contributed by atoms with Crippen molar-refractivity contribution >= 4 is 47.0 Å². The highest BCUT2D eigenvalue weighted by atomic mass is 35.5. The first-order chi connectivity index (χ1) is 16.8. The number of rotatable bonds is 7. The van der Waals surface area contributed by atoms with Gasteiger partial charge in [-0.2, -0.15) is 15.6 Å². The van der Waals surface area contributed by atoms with Gasteiger partial charge in [-0.3, -0.25) is 9.59 Å². The summed E-state index contributed by atoms with van der Waals surface area (Å²) in [6.07, 6.45) is 5.74. The van der Waals surface area contributed by atoms with Gasteiger partial charge < -0.3 is 11.1 Å². The lowest BCUT2D eigenvalue weighted by Crippen LogP contribution is -2.41. The topological polar surface area (TPSA) is 133 Å². The number of hydrazone groups is 1. The van der Waals surface area contributed by atoms with Crippen LogP contribution in [-0.2, 0) is 6.54 Å². The molecule has 13 heteroatoms. The Bertz CT molecular complexity index is 1370. The number of nitrogens with zero attached hydrogens (tertiary/aromatic N) is 5. The SMILES string of the molecule is Cc1cc(Cl)cc(C(N)=O)c1NC(=O)c1cc(C[N+]2=CN(C3CC3)NN2)nn1-c1ncccc1Cl. The first-order valence-corrected chi connectivity index (χ1v) is 11.6. The second-order valence-electron chi connectivity index (χ2n) is 8.31. The van der Waals surface area contributed by atoms with Crippen molar-refractivity contribution in [2.45, 2.75) is 32.4 Å². The minimum Gasteiger partial charge on any atom is -0.366 e. The van der Waals surface area contributed by atoms with Crippen LogP contribution in [0.25, 0.3) is 5.82 Å². The number of nitrogens with two attached hydrogens (primary N) is 1. The number of aryl methyl sites for hydroxylation is 1. The molecular formula is C22H22Cl2N9O2+. The van der Waals surface area contributed by atoms with Crippen LogP contribution >= 0.6 is 23.2 Å². The normalized spacial score (nSPS) is 15.1. The fraction of sp³-hybridized carbons (Fsp3) is 0.227. The minimum absolute atomic E-state index is 0.104. The number of carbonyl (C=O) groups excluding carboxylic acids is 2. The number of hydrogen-bond donors (Lipinski definition) is 4. The van der Waals surface area contributed by atoms with E-state index in [1.807, 2.05) is 16.0 Å². The molecule has 1 aliphatic carbocycles. The van der Waals surface area contributed by atoms with Crippen LogP contribution in [-0.4, -0.2) is 48.7 Å². The molecule has 5 N–H and O–H groups in total. The molecule has 180 valence electrons. The highest BCUT2D eigenvalue weighted by Crippen LogP contribution is 2.27. The second-order valence-corrected chi connectivity index (χ2v) is 9.15. The van der Waals surface area contributed by atoms with Crippen molar-refractivity contribution in [2.75, 3.05) is 5.32 Å². The van der Waals surface area contributed by atoms with E-state index in [-0.39, 0.29) is 16.9 Å². The summed E-state index contributed by atoms with van der Waals surface area (Å²) in [6.45, 7) is 2.08. The van der Waals surface area contributed by atoms with E-state index in [1.165, 1.54) is 10.7 Å². The van der Waals surface area contributed by atoms with E-state index in [1.54, 1.807) is 37.4 Å². The molecule has 3 aromatic rings. The number of carbonyl (C=O) groups is 2. The van der Waals surface area contributed by atoms with E-state index < -0.39 is 11.8 Å². The second kappa shape index (κ2) is 9.17. The van der Waals surface area contributed by atoms with Gasteiger partial charge in [0.25, 0.3) is 18.2 Å². The predicted octanol–water partition coefficient (Wildman–Crippen LogP) is 2.18.